The van der Waals surface area contributed by atoms with Crippen LogP contribution in [0.1, 0.15) is 43.4 Å². The van der Waals surface area contributed by atoms with Crippen molar-refractivity contribution in [2.75, 3.05) is 6.61 Å². The van der Waals surface area contributed by atoms with Crippen molar-refractivity contribution >= 4 is 5.84 Å². The molecule has 0 atom stereocenters. The number of hydrogen-bond acceptors (Lipinski definition) is 4. The number of ether oxygens (including phenoxy) is 1. The van der Waals surface area contributed by atoms with Gasteiger partial charge in [-0.3, -0.25) is 0 Å². The third-order valence-corrected chi connectivity index (χ3v) is 3.56. The van der Waals surface area contributed by atoms with Gasteiger partial charge in [0.25, 0.3) is 0 Å². The van der Waals surface area contributed by atoms with E-state index in [1.54, 1.807) is 6.07 Å². The lowest BCUT2D eigenvalue weighted by Crippen LogP contribution is -2.19. The van der Waals surface area contributed by atoms with E-state index in [1.807, 2.05) is 13.0 Å². The van der Waals surface area contributed by atoms with Gasteiger partial charge in [0.1, 0.15) is 0 Å². The summed E-state index contributed by atoms with van der Waals surface area (Å²) in [5.41, 5.74) is 7.03. The Morgan fingerprint density at radius 2 is 2.16 bits per heavy atom. The summed E-state index contributed by atoms with van der Waals surface area (Å²) in [6.07, 6.45) is 6.31. The molecule has 1 aromatic heterocycles. The third kappa shape index (κ3) is 3.59. The molecular weight excluding hydrogens is 242 g/mol. The first-order valence-corrected chi connectivity index (χ1v) is 6.79. The summed E-state index contributed by atoms with van der Waals surface area (Å²) in [6, 6.07) is 3.59. The maximum Gasteiger partial charge on any atom is 0.224 e. The highest BCUT2D eigenvalue weighted by atomic mass is 16.5. The van der Waals surface area contributed by atoms with Crippen LogP contribution in [-0.2, 0) is 0 Å². The van der Waals surface area contributed by atoms with Crippen molar-refractivity contribution in [1.29, 1.82) is 0 Å². The van der Waals surface area contributed by atoms with Crippen molar-refractivity contribution in [3.8, 4) is 5.88 Å². The molecule has 1 aromatic rings. The largest absolute Gasteiger partial charge is 0.477 e. The summed E-state index contributed by atoms with van der Waals surface area (Å²) in [7, 11) is 0. The normalized spacial score (nSPS) is 17.4. The Morgan fingerprint density at radius 1 is 1.42 bits per heavy atom. The van der Waals surface area contributed by atoms with Crippen molar-refractivity contribution in [3.05, 3.63) is 23.4 Å². The van der Waals surface area contributed by atoms with Gasteiger partial charge >= 0.3 is 0 Å². The summed E-state index contributed by atoms with van der Waals surface area (Å²) in [4.78, 5) is 4.33. The standard InChI is InChI=1S/C14H21N3O2/c1-10-7-8-12(13(15)17-18)14(16-10)19-9-11-5-3-2-4-6-11/h7-8,11,18H,2-6,9H2,1H3,(H2,15,17). The summed E-state index contributed by atoms with van der Waals surface area (Å²) >= 11 is 0. The van der Waals surface area contributed by atoms with Gasteiger partial charge in [0.2, 0.25) is 5.88 Å². The zero-order valence-corrected chi connectivity index (χ0v) is 11.3. The molecule has 1 saturated carbocycles. The fourth-order valence-corrected chi connectivity index (χ4v) is 2.44. The molecule has 5 heteroatoms. The van der Waals surface area contributed by atoms with Crippen molar-refractivity contribution in [2.45, 2.75) is 39.0 Å². The second kappa shape index (κ2) is 6.41. The summed E-state index contributed by atoms with van der Waals surface area (Å²) < 4.78 is 5.80. The number of nitrogens with zero attached hydrogens (tertiary/aromatic N) is 2. The molecule has 0 spiro atoms. The van der Waals surface area contributed by atoms with Crippen molar-refractivity contribution in [1.82, 2.24) is 4.98 Å². The van der Waals surface area contributed by atoms with Crippen molar-refractivity contribution in [2.24, 2.45) is 16.8 Å². The molecular formula is C14H21N3O2. The zero-order valence-electron chi connectivity index (χ0n) is 11.3. The maximum atomic E-state index is 8.78. The van der Waals surface area contributed by atoms with Crippen LogP contribution < -0.4 is 10.5 Å². The fourth-order valence-electron chi connectivity index (χ4n) is 2.44. The highest BCUT2D eigenvalue weighted by Crippen LogP contribution is 2.25. The summed E-state index contributed by atoms with van der Waals surface area (Å²) in [5, 5.41) is 11.8. The van der Waals surface area contributed by atoms with Gasteiger partial charge in [-0.1, -0.05) is 24.4 Å². The number of aromatic nitrogens is 1. The first-order chi connectivity index (χ1) is 9.20. The lowest BCUT2D eigenvalue weighted by atomic mass is 9.90. The van der Waals surface area contributed by atoms with Crippen LogP contribution in [0.3, 0.4) is 0 Å². The van der Waals surface area contributed by atoms with Crippen LogP contribution in [0.5, 0.6) is 5.88 Å². The molecule has 0 amide bonds. The van der Waals surface area contributed by atoms with E-state index in [1.165, 1.54) is 32.1 Å². The van der Waals surface area contributed by atoms with E-state index in [0.717, 1.165) is 5.69 Å². The molecule has 3 N–H and O–H groups in total. The molecule has 0 unspecified atom stereocenters. The SMILES string of the molecule is Cc1ccc(/C(N)=N/O)c(OCC2CCCCC2)n1. The quantitative estimate of drug-likeness (QED) is 0.378. The fraction of sp³-hybridized carbons (Fsp3) is 0.571. The lowest BCUT2D eigenvalue weighted by molar-refractivity contribution is 0.202. The molecule has 0 radical (unpaired) electrons. The Balaban J connectivity index is 2.07. The smallest absolute Gasteiger partial charge is 0.224 e. The predicted octanol–water partition coefficient (Wildman–Crippen LogP) is 2.44. The van der Waals surface area contributed by atoms with E-state index >= 15 is 0 Å². The lowest BCUT2D eigenvalue weighted by Gasteiger charge is -2.22. The van der Waals surface area contributed by atoms with Gasteiger partial charge in [-0.15, -0.1) is 0 Å². The molecule has 5 nitrogen and oxygen atoms in total. The predicted molar refractivity (Wildman–Crippen MR) is 73.6 cm³/mol. The maximum absolute atomic E-state index is 8.78. The molecule has 1 aliphatic carbocycles. The molecule has 0 aromatic carbocycles. The topological polar surface area (TPSA) is 80.7 Å². The first kappa shape index (κ1) is 13.6. The first-order valence-electron chi connectivity index (χ1n) is 6.79. The van der Waals surface area contributed by atoms with Gasteiger partial charge in [0, 0.05) is 5.69 Å². The van der Waals surface area contributed by atoms with E-state index in [9.17, 15) is 0 Å². The van der Waals surface area contributed by atoms with Crippen LogP contribution in [0.2, 0.25) is 0 Å². The molecule has 2 rings (SSSR count). The Kier molecular flexibility index (Phi) is 4.60. The molecule has 0 bridgehead atoms. The van der Waals surface area contributed by atoms with E-state index in [-0.39, 0.29) is 5.84 Å². The van der Waals surface area contributed by atoms with Crippen LogP contribution in [0.15, 0.2) is 17.3 Å². The monoisotopic (exact) mass is 263 g/mol. The van der Waals surface area contributed by atoms with Gasteiger partial charge in [0.15, 0.2) is 5.84 Å². The van der Waals surface area contributed by atoms with Crippen LogP contribution in [0, 0.1) is 12.8 Å². The minimum Gasteiger partial charge on any atom is -0.477 e. The number of amidine groups is 1. The highest BCUT2D eigenvalue weighted by Gasteiger charge is 2.16. The van der Waals surface area contributed by atoms with Crippen LogP contribution >= 0.6 is 0 Å². The molecule has 1 fully saturated rings. The Labute approximate surface area is 113 Å². The van der Waals surface area contributed by atoms with Gasteiger partial charge in [-0.25, -0.2) is 4.98 Å². The number of hydrogen-bond donors (Lipinski definition) is 2. The van der Waals surface area contributed by atoms with E-state index in [2.05, 4.69) is 10.1 Å². The Hall–Kier alpha value is -1.78. The number of rotatable bonds is 4. The third-order valence-electron chi connectivity index (χ3n) is 3.56. The van der Waals surface area contributed by atoms with E-state index in [0.29, 0.717) is 24.0 Å². The summed E-state index contributed by atoms with van der Waals surface area (Å²) in [5.74, 6) is 1.09. The number of nitrogens with two attached hydrogens (primary N) is 1. The van der Waals surface area contributed by atoms with Crippen molar-refractivity contribution in [3.63, 3.8) is 0 Å². The van der Waals surface area contributed by atoms with Crippen LogP contribution in [0.25, 0.3) is 0 Å². The average molecular weight is 263 g/mol. The minimum atomic E-state index is 0.0335. The molecule has 0 saturated heterocycles. The second-order valence-electron chi connectivity index (χ2n) is 5.11. The zero-order chi connectivity index (χ0) is 13.7. The molecule has 104 valence electrons. The van der Waals surface area contributed by atoms with Gasteiger partial charge < -0.3 is 15.7 Å². The van der Waals surface area contributed by atoms with Gasteiger partial charge in [0.05, 0.1) is 12.2 Å². The number of pyridine rings is 1. The number of oxime groups is 1. The van der Waals surface area contributed by atoms with E-state index in [4.69, 9.17) is 15.7 Å². The minimum absolute atomic E-state index is 0.0335. The van der Waals surface area contributed by atoms with Gasteiger partial charge in [-0.05, 0) is 37.8 Å². The van der Waals surface area contributed by atoms with Crippen molar-refractivity contribution < 1.29 is 9.94 Å². The highest BCUT2D eigenvalue weighted by molar-refractivity contribution is 5.99. The Morgan fingerprint density at radius 3 is 2.84 bits per heavy atom. The number of aryl methyl sites for hydroxylation is 1. The van der Waals surface area contributed by atoms with Crippen LogP contribution in [-0.4, -0.2) is 22.6 Å². The molecule has 0 aliphatic heterocycles. The molecule has 19 heavy (non-hydrogen) atoms. The molecule has 1 aliphatic rings. The Bertz CT molecular complexity index is 454. The molecule has 1 heterocycles. The van der Waals surface area contributed by atoms with Gasteiger partial charge in [-0.2, -0.15) is 0 Å². The average Bonchev–Trinajstić information content (AvgIpc) is 2.45. The summed E-state index contributed by atoms with van der Waals surface area (Å²) in [6.45, 7) is 2.55. The van der Waals surface area contributed by atoms with Crippen LogP contribution in [0.4, 0.5) is 0 Å². The van der Waals surface area contributed by atoms with E-state index < -0.39 is 0 Å². The second-order valence-corrected chi connectivity index (χ2v) is 5.11.